The first-order chi connectivity index (χ1) is 16.9. The fourth-order valence-electron chi connectivity index (χ4n) is 4.66. The molecule has 1 aliphatic heterocycles. The average molecular weight is 471 g/mol. The molecule has 0 bridgehead atoms. The van der Waals surface area contributed by atoms with Gasteiger partial charge in [0.25, 0.3) is 0 Å². The number of ether oxygens (including phenoxy) is 3. The number of hydrogen-bond acceptors (Lipinski definition) is 6. The summed E-state index contributed by atoms with van der Waals surface area (Å²) in [4.78, 5) is 26.0. The first-order valence-corrected chi connectivity index (χ1v) is 11.5. The maximum Gasteiger partial charge on any atom is 0.312 e. The van der Waals surface area contributed by atoms with Crippen LogP contribution in [0.4, 0.5) is 0 Å². The molecule has 1 aromatic heterocycles. The molecule has 0 aliphatic carbocycles. The van der Waals surface area contributed by atoms with Gasteiger partial charge in [0.1, 0.15) is 17.6 Å². The Kier molecular flexibility index (Phi) is 5.81. The van der Waals surface area contributed by atoms with Gasteiger partial charge in [0.2, 0.25) is 5.43 Å². The molecule has 6 nitrogen and oxygen atoms in total. The largest absolute Gasteiger partial charge is 0.493 e. The lowest BCUT2D eigenvalue weighted by Crippen LogP contribution is -2.22. The molecule has 0 saturated carbocycles. The van der Waals surface area contributed by atoms with Gasteiger partial charge in [-0.2, -0.15) is 0 Å². The van der Waals surface area contributed by atoms with Crippen molar-refractivity contribution in [3.63, 3.8) is 0 Å². The van der Waals surface area contributed by atoms with Crippen LogP contribution in [0.1, 0.15) is 48.8 Å². The van der Waals surface area contributed by atoms with Gasteiger partial charge in [-0.25, -0.2) is 0 Å². The highest BCUT2D eigenvalue weighted by molar-refractivity contribution is 5.90. The summed E-state index contributed by atoms with van der Waals surface area (Å²) in [7, 11) is 3.11. The smallest absolute Gasteiger partial charge is 0.312 e. The van der Waals surface area contributed by atoms with E-state index in [0.29, 0.717) is 45.3 Å². The monoisotopic (exact) mass is 470 g/mol. The van der Waals surface area contributed by atoms with Crippen LogP contribution in [0.5, 0.6) is 17.2 Å². The van der Waals surface area contributed by atoms with Crippen molar-refractivity contribution in [2.75, 3.05) is 14.2 Å². The first-order valence-electron chi connectivity index (χ1n) is 11.5. The van der Waals surface area contributed by atoms with E-state index in [4.69, 9.17) is 18.6 Å². The van der Waals surface area contributed by atoms with Crippen LogP contribution in [0.25, 0.3) is 22.1 Å². The van der Waals surface area contributed by atoms with Crippen molar-refractivity contribution >= 4 is 16.9 Å². The van der Waals surface area contributed by atoms with E-state index in [1.807, 2.05) is 12.1 Å². The molecule has 35 heavy (non-hydrogen) atoms. The Bertz CT molecular complexity index is 1480. The van der Waals surface area contributed by atoms with Gasteiger partial charge in [0.15, 0.2) is 11.5 Å². The van der Waals surface area contributed by atoms with E-state index in [1.54, 1.807) is 44.6 Å². The maximum atomic E-state index is 13.6. The van der Waals surface area contributed by atoms with E-state index in [9.17, 15) is 9.59 Å². The summed E-state index contributed by atoms with van der Waals surface area (Å²) in [6.07, 6.45) is 1.63. The third-order valence-corrected chi connectivity index (χ3v) is 6.58. The Hall–Kier alpha value is -4.06. The van der Waals surface area contributed by atoms with Crippen LogP contribution >= 0.6 is 0 Å². The van der Waals surface area contributed by atoms with Gasteiger partial charge in [-0.05, 0) is 46.9 Å². The number of hydrogen-bond donors (Lipinski definition) is 0. The van der Waals surface area contributed by atoms with E-state index in [1.165, 1.54) is 11.8 Å². The van der Waals surface area contributed by atoms with Gasteiger partial charge in [-0.3, -0.25) is 9.59 Å². The second-order valence-electron chi connectivity index (χ2n) is 8.95. The topological polar surface area (TPSA) is 75.0 Å². The molecule has 0 spiro atoms. The molecular weight excluding hydrogens is 444 g/mol. The Morgan fingerprint density at radius 1 is 0.914 bits per heavy atom. The molecule has 0 N–H and O–H groups in total. The molecule has 178 valence electrons. The summed E-state index contributed by atoms with van der Waals surface area (Å²) >= 11 is 0. The molecule has 5 rings (SSSR count). The zero-order valence-corrected chi connectivity index (χ0v) is 20.1. The van der Waals surface area contributed by atoms with Crippen molar-refractivity contribution in [1.82, 2.24) is 0 Å². The highest BCUT2D eigenvalue weighted by Gasteiger charge is 2.32. The van der Waals surface area contributed by atoms with Crippen molar-refractivity contribution in [3.05, 3.63) is 87.8 Å². The normalized spacial score (nSPS) is 15.1. The van der Waals surface area contributed by atoms with E-state index in [0.717, 1.165) is 11.1 Å². The van der Waals surface area contributed by atoms with Gasteiger partial charge >= 0.3 is 5.97 Å². The van der Waals surface area contributed by atoms with Crippen molar-refractivity contribution in [1.29, 1.82) is 0 Å². The average Bonchev–Trinajstić information content (AvgIpc) is 2.87. The van der Waals surface area contributed by atoms with Gasteiger partial charge in [-0.1, -0.05) is 44.2 Å². The highest BCUT2D eigenvalue weighted by Crippen LogP contribution is 2.43. The van der Waals surface area contributed by atoms with Crippen molar-refractivity contribution in [3.8, 4) is 28.4 Å². The molecule has 0 radical (unpaired) electrons. The molecule has 1 atom stereocenters. The maximum absolute atomic E-state index is 13.6. The Balaban J connectivity index is 1.66. The number of fused-ring (bicyclic) bond motifs is 3. The van der Waals surface area contributed by atoms with Crippen LogP contribution in [-0.4, -0.2) is 20.2 Å². The molecule has 0 saturated heterocycles. The quantitative estimate of drug-likeness (QED) is 0.261. The van der Waals surface area contributed by atoms with Crippen LogP contribution in [0.2, 0.25) is 0 Å². The summed E-state index contributed by atoms with van der Waals surface area (Å²) in [6.45, 7) is 4.28. The summed E-state index contributed by atoms with van der Waals surface area (Å²) in [5.41, 5.74) is 4.24. The molecule has 3 aromatic carbocycles. The standard InChI is InChI=1S/C29H26O6/c1-16(2)17-5-7-18(8-6-17)21-14-26(30)35-24-12-10-20-28(31)22(15-34-29(20)27(21)24)19-9-11-23(32-3)25(13-19)33-4/h5-13,15-16,21H,14H2,1-4H3. The molecule has 6 heteroatoms. The number of benzene rings is 3. The van der Waals surface area contributed by atoms with E-state index < -0.39 is 0 Å². The lowest BCUT2D eigenvalue weighted by Gasteiger charge is -2.26. The molecule has 0 fully saturated rings. The van der Waals surface area contributed by atoms with E-state index >= 15 is 0 Å². The zero-order valence-electron chi connectivity index (χ0n) is 20.1. The molecule has 2 heterocycles. The number of methoxy groups -OCH3 is 2. The SMILES string of the molecule is COc1ccc(-c2coc3c4c(ccc3c2=O)OC(=O)CC4c2ccc(C(C)C)cc2)cc1OC. The van der Waals surface area contributed by atoms with Gasteiger partial charge in [0.05, 0.1) is 31.6 Å². The molecule has 1 unspecified atom stereocenters. The van der Waals surface area contributed by atoms with E-state index in [-0.39, 0.29) is 23.7 Å². The van der Waals surface area contributed by atoms with Crippen molar-refractivity contribution in [2.24, 2.45) is 0 Å². The lowest BCUT2D eigenvalue weighted by molar-refractivity contribution is -0.135. The van der Waals surface area contributed by atoms with E-state index in [2.05, 4.69) is 26.0 Å². The van der Waals surface area contributed by atoms with Gasteiger partial charge < -0.3 is 18.6 Å². The summed E-state index contributed by atoms with van der Waals surface area (Å²) < 4.78 is 22.3. The first kappa shape index (κ1) is 22.7. The number of carbonyl (C=O) groups is 1. The summed E-state index contributed by atoms with van der Waals surface area (Å²) in [5, 5.41) is 0.429. The van der Waals surface area contributed by atoms with Crippen LogP contribution in [-0.2, 0) is 4.79 Å². The predicted molar refractivity (Wildman–Crippen MR) is 134 cm³/mol. The minimum atomic E-state index is -0.306. The Labute approximate surface area is 203 Å². The molecule has 4 aromatic rings. The zero-order chi connectivity index (χ0) is 24.7. The Morgan fingerprint density at radius 3 is 2.34 bits per heavy atom. The van der Waals surface area contributed by atoms with Gasteiger partial charge in [0, 0.05) is 11.5 Å². The molecular formula is C29H26O6. The minimum Gasteiger partial charge on any atom is -0.493 e. The van der Waals surface area contributed by atoms with Crippen LogP contribution in [0, 0.1) is 0 Å². The van der Waals surface area contributed by atoms with Crippen LogP contribution < -0.4 is 19.6 Å². The third-order valence-electron chi connectivity index (χ3n) is 6.58. The number of carbonyl (C=O) groups excluding carboxylic acids is 1. The van der Waals surface area contributed by atoms with Crippen molar-refractivity contribution < 1.29 is 23.4 Å². The summed E-state index contributed by atoms with van der Waals surface area (Å²) in [5.74, 6) is 1.34. The van der Waals surface area contributed by atoms with Crippen molar-refractivity contribution in [2.45, 2.75) is 32.1 Å². The molecule has 0 amide bonds. The summed E-state index contributed by atoms with van der Waals surface area (Å²) in [6, 6.07) is 16.9. The number of rotatable bonds is 5. The lowest BCUT2D eigenvalue weighted by atomic mass is 9.84. The fraction of sp³-hybridized carbons (Fsp3) is 0.241. The fourth-order valence-corrected chi connectivity index (χ4v) is 4.66. The minimum absolute atomic E-state index is 0.174. The Morgan fingerprint density at radius 2 is 1.66 bits per heavy atom. The second-order valence-corrected chi connectivity index (χ2v) is 8.95. The van der Waals surface area contributed by atoms with Crippen LogP contribution in [0.15, 0.2) is 70.1 Å². The number of esters is 1. The van der Waals surface area contributed by atoms with Crippen LogP contribution in [0.3, 0.4) is 0 Å². The highest BCUT2D eigenvalue weighted by atomic mass is 16.5. The second kappa shape index (κ2) is 8.95. The molecule has 1 aliphatic rings. The predicted octanol–water partition coefficient (Wildman–Crippen LogP) is 6.04. The third kappa shape index (κ3) is 3.95. The van der Waals surface area contributed by atoms with Gasteiger partial charge in [-0.15, -0.1) is 0 Å².